The Balaban J connectivity index is 2.31. The number of hydrogen-bond acceptors (Lipinski definition) is 2. The summed E-state index contributed by atoms with van der Waals surface area (Å²) < 4.78 is 1.23. The quantitative estimate of drug-likeness (QED) is 0.711. The molecule has 0 spiro atoms. The molecule has 98 valence electrons. The van der Waals surface area contributed by atoms with Gasteiger partial charge in [-0.1, -0.05) is 26.0 Å². The van der Waals surface area contributed by atoms with Gasteiger partial charge in [-0.2, -0.15) is 0 Å². The van der Waals surface area contributed by atoms with Crippen LogP contribution < -0.4 is 0 Å². The number of para-hydroxylation sites is 1. The van der Waals surface area contributed by atoms with Crippen LogP contribution in [0.3, 0.4) is 0 Å². The van der Waals surface area contributed by atoms with Gasteiger partial charge in [0.1, 0.15) is 0 Å². The molecule has 0 unspecified atom stereocenters. The van der Waals surface area contributed by atoms with Crippen molar-refractivity contribution in [2.24, 2.45) is 11.3 Å². The van der Waals surface area contributed by atoms with E-state index in [2.05, 4.69) is 24.9 Å². The molecule has 4 heteroatoms. The molecule has 1 aromatic carbocycles. The number of rotatable bonds is 5. The number of benzene rings is 1. The first kappa shape index (κ1) is 14.1. The maximum Gasteiger partial charge on any atom is 0.0945 e. The topological polar surface area (TPSA) is 12.9 Å². The van der Waals surface area contributed by atoms with Crippen LogP contribution in [0.4, 0.5) is 0 Å². The molecule has 0 N–H and O–H groups in total. The monoisotopic (exact) mass is 301 g/mol. The summed E-state index contributed by atoms with van der Waals surface area (Å²) in [4.78, 5) is 4.68. The molecule has 18 heavy (non-hydrogen) atoms. The first-order valence-electron chi connectivity index (χ1n) is 6.07. The third-order valence-electron chi connectivity index (χ3n) is 3.60. The molecule has 0 amide bonds. The van der Waals surface area contributed by atoms with Gasteiger partial charge in [0, 0.05) is 23.6 Å². The van der Waals surface area contributed by atoms with Crippen LogP contribution in [0.1, 0.15) is 18.9 Å². The third kappa shape index (κ3) is 2.66. The smallest absolute Gasteiger partial charge is 0.0945 e. The molecule has 0 fully saturated rings. The minimum absolute atomic E-state index is 0.0585. The normalized spacial score (nSPS) is 12.5. The molecule has 1 nitrogen and oxygen atoms in total. The van der Waals surface area contributed by atoms with Gasteiger partial charge < -0.3 is 0 Å². The van der Waals surface area contributed by atoms with Gasteiger partial charge >= 0.3 is 0 Å². The van der Waals surface area contributed by atoms with Crippen molar-refractivity contribution < 1.29 is 0 Å². The summed E-state index contributed by atoms with van der Waals surface area (Å²) >= 11 is 14.1. The number of hydrogen-bond donors (Lipinski definition) is 0. The predicted molar refractivity (Wildman–Crippen MR) is 82.0 cm³/mol. The summed E-state index contributed by atoms with van der Waals surface area (Å²) in [5, 5.41) is 1.13. The zero-order valence-electron chi connectivity index (χ0n) is 10.6. The zero-order chi connectivity index (χ0) is 13.2. The van der Waals surface area contributed by atoms with Gasteiger partial charge in [0.15, 0.2) is 0 Å². The Bertz CT molecular complexity index is 484. The largest absolute Gasteiger partial charge is 0.241 e. The van der Waals surface area contributed by atoms with Crippen LogP contribution in [-0.2, 0) is 6.42 Å². The molecular weight excluding hydrogens is 285 g/mol. The number of fused-ring (bicyclic) bond motifs is 1. The average molecular weight is 302 g/mol. The lowest BCUT2D eigenvalue weighted by atomic mass is 9.78. The van der Waals surface area contributed by atoms with E-state index in [0.29, 0.717) is 17.7 Å². The SMILES string of the molecule is CC(C)C(CCl)(CCl)Cc1nc2ccccc2s1. The van der Waals surface area contributed by atoms with E-state index in [-0.39, 0.29) is 5.41 Å². The number of thiazole rings is 1. The number of nitrogens with zero attached hydrogens (tertiary/aromatic N) is 1. The molecule has 2 rings (SSSR count). The molecule has 2 aromatic rings. The summed E-state index contributed by atoms with van der Waals surface area (Å²) in [6, 6.07) is 8.22. The van der Waals surface area contributed by atoms with Crippen molar-refractivity contribution in [1.82, 2.24) is 4.98 Å². The molecule has 0 saturated heterocycles. The summed E-state index contributed by atoms with van der Waals surface area (Å²) in [5.41, 5.74) is 1.01. The van der Waals surface area contributed by atoms with E-state index in [1.54, 1.807) is 11.3 Å². The second kappa shape index (κ2) is 5.77. The van der Waals surface area contributed by atoms with Crippen molar-refractivity contribution in [2.45, 2.75) is 20.3 Å². The second-order valence-electron chi connectivity index (χ2n) is 5.04. The molecule has 0 aliphatic heterocycles. The van der Waals surface area contributed by atoms with E-state index in [1.807, 2.05) is 18.2 Å². The van der Waals surface area contributed by atoms with Crippen molar-refractivity contribution in [3.8, 4) is 0 Å². The predicted octanol–water partition coefficient (Wildman–Crippen LogP) is 4.96. The van der Waals surface area contributed by atoms with Crippen molar-refractivity contribution in [3.63, 3.8) is 0 Å². The summed E-state index contributed by atoms with van der Waals surface area (Å²) in [5.74, 6) is 1.59. The standard InChI is InChI=1S/C14H17Cl2NS/c1-10(2)14(8-15,9-16)7-13-17-11-5-3-4-6-12(11)18-13/h3-6,10H,7-9H2,1-2H3. The summed E-state index contributed by atoms with van der Waals surface area (Å²) in [6.07, 6.45) is 0.858. The molecule has 0 radical (unpaired) electrons. The van der Waals surface area contributed by atoms with E-state index < -0.39 is 0 Å². The van der Waals surface area contributed by atoms with Gasteiger partial charge in [-0.15, -0.1) is 34.5 Å². The van der Waals surface area contributed by atoms with Gasteiger partial charge in [0.05, 0.1) is 15.2 Å². The molecule has 0 aliphatic carbocycles. The van der Waals surface area contributed by atoms with Crippen LogP contribution in [0.2, 0.25) is 0 Å². The Hall–Kier alpha value is -0.310. The van der Waals surface area contributed by atoms with Crippen LogP contribution in [0.15, 0.2) is 24.3 Å². The van der Waals surface area contributed by atoms with Crippen molar-refractivity contribution in [1.29, 1.82) is 0 Å². The first-order valence-corrected chi connectivity index (χ1v) is 7.96. The highest BCUT2D eigenvalue weighted by Gasteiger charge is 2.33. The Morgan fingerprint density at radius 1 is 1.22 bits per heavy atom. The maximum absolute atomic E-state index is 6.16. The Morgan fingerprint density at radius 2 is 1.89 bits per heavy atom. The third-order valence-corrected chi connectivity index (χ3v) is 5.70. The second-order valence-corrected chi connectivity index (χ2v) is 6.69. The number of aromatic nitrogens is 1. The average Bonchev–Trinajstić information content (AvgIpc) is 2.77. The highest BCUT2D eigenvalue weighted by molar-refractivity contribution is 7.18. The summed E-state index contributed by atoms with van der Waals surface area (Å²) in [7, 11) is 0. The van der Waals surface area contributed by atoms with Gasteiger partial charge in [0.2, 0.25) is 0 Å². The van der Waals surface area contributed by atoms with Gasteiger partial charge in [-0.05, 0) is 18.1 Å². The van der Waals surface area contributed by atoms with E-state index in [9.17, 15) is 0 Å². The summed E-state index contributed by atoms with van der Waals surface area (Å²) in [6.45, 7) is 4.36. The fraction of sp³-hybridized carbons (Fsp3) is 0.500. The highest BCUT2D eigenvalue weighted by Crippen LogP contribution is 2.36. The van der Waals surface area contributed by atoms with Crippen molar-refractivity contribution in [3.05, 3.63) is 29.3 Å². The molecule has 1 aromatic heterocycles. The van der Waals surface area contributed by atoms with E-state index in [0.717, 1.165) is 16.9 Å². The van der Waals surface area contributed by atoms with Crippen LogP contribution >= 0.6 is 34.5 Å². The van der Waals surface area contributed by atoms with Crippen LogP contribution in [-0.4, -0.2) is 16.7 Å². The lowest BCUT2D eigenvalue weighted by Gasteiger charge is -2.33. The van der Waals surface area contributed by atoms with E-state index in [4.69, 9.17) is 23.2 Å². The number of halogens is 2. The molecule has 0 bridgehead atoms. The van der Waals surface area contributed by atoms with Crippen LogP contribution in [0.5, 0.6) is 0 Å². The van der Waals surface area contributed by atoms with Gasteiger partial charge in [0.25, 0.3) is 0 Å². The highest BCUT2D eigenvalue weighted by atomic mass is 35.5. The van der Waals surface area contributed by atoms with Crippen molar-refractivity contribution in [2.75, 3.05) is 11.8 Å². The minimum atomic E-state index is -0.0585. The molecular formula is C14H17Cl2NS. The van der Waals surface area contributed by atoms with Gasteiger partial charge in [-0.25, -0.2) is 4.98 Å². The lowest BCUT2D eigenvalue weighted by Crippen LogP contribution is -2.33. The fourth-order valence-corrected chi connectivity index (χ4v) is 4.15. The Labute approximate surface area is 122 Å². The molecule has 1 heterocycles. The minimum Gasteiger partial charge on any atom is -0.241 e. The molecule has 0 atom stereocenters. The van der Waals surface area contributed by atoms with Crippen LogP contribution in [0, 0.1) is 11.3 Å². The Kier molecular flexibility index (Phi) is 4.52. The molecule has 0 aliphatic rings. The van der Waals surface area contributed by atoms with E-state index in [1.165, 1.54) is 4.70 Å². The lowest BCUT2D eigenvalue weighted by molar-refractivity contribution is 0.258. The fourth-order valence-electron chi connectivity index (χ4n) is 1.94. The molecule has 0 saturated carbocycles. The van der Waals surface area contributed by atoms with Crippen molar-refractivity contribution >= 4 is 44.8 Å². The Morgan fingerprint density at radius 3 is 2.44 bits per heavy atom. The van der Waals surface area contributed by atoms with Gasteiger partial charge in [-0.3, -0.25) is 0 Å². The maximum atomic E-state index is 6.16. The first-order chi connectivity index (χ1) is 8.61. The number of alkyl halides is 2. The zero-order valence-corrected chi connectivity index (χ0v) is 12.9. The van der Waals surface area contributed by atoms with Crippen LogP contribution in [0.25, 0.3) is 10.2 Å². The van der Waals surface area contributed by atoms with E-state index >= 15 is 0 Å².